The summed E-state index contributed by atoms with van der Waals surface area (Å²) in [5, 5.41) is 9.01. The quantitative estimate of drug-likeness (QED) is 0.926. The summed E-state index contributed by atoms with van der Waals surface area (Å²) in [6, 6.07) is 12.5. The molecule has 25 heavy (non-hydrogen) atoms. The highest BCUT2D eigenvalue weighted by molar-refractivity contribution is 5.94. The van der Waals surface area contributed by atoms with Gasteiger partial charge in [0.15, 0.2) is 0 Å². The number of nitrogens with zero attached hydrogens (tertiary/aromatic N) is 2. The maximum Gasteiger partial charge on any atom is 0.354 e. The summed E-state index contributed by atoms with van der Waals surface area (Å²) in [7, 11) is 1.65. The van der Waals surface area contributed by atoms with Gasteiger partial charge >= 0.3 is 5.97 Å². The number of carboxylic acids is 1. The Labute approximate surface area is 146 Å². The summed E-state index contributed by atoms with van der Waals surface area (Å²) in [5.74, 6) is -0.123. The molecule has 0 bridgehead atoms. The maximum absolute atomic E-state index is 12.6. The van der Waals surface area contributed by atoms with E-state index in [1.54, 1.807) is 24.1 Å². The lowest BCUT2D eigenvalue weighted by Crippen LogP contribution is -2.38. The predicted octanol–water partition coefficient (Wildman–Crippen LogP) is 2.81. The molecule has 0 unspecified atom stereocenters. The largest absolute Gasteiger partial charge is 0.497 e. The lowest BCUT2D eigenvalue weighted by atomic mass is 9.89. The number of methoxy groups -OCH3 is 1. The standard InChI is InChI=1S/C19H20N2O4/c1-25-15-5-2-4-14(12-15)13-8-10-21(11-9-13)18(22)16-6-3-7-17(20-16)19(23)24/h2-7,12-13H,8-11H2,1H3,(H,23,24). The number of amides is 1. The molecule has 1 aromatic heterocycles. The molecule has 0 aliphatic carbocycles. The maximum atomic E-state index is 12.6. The van der Waals surface area contributed by atoms with Crippen LogP contribution >= 0.6 is 0 Å². The number of carbonyl (C=O) groups excluding carboxylic acids is 1. The van der Waals surface area contributed by atoms with E-state index in [4.69, 9.17) is 9.84 Å². The van der Waals surface area contributed by atoms with Gasteiger partial charge in [-0.1, -0.05) is 18.2 Å². The van der Waals surface area contributed by atoms with E-state index >= 15 is 0 Å². The molecule has 130 valence electrons. The van der Waals surface area contributed by atoms with Gasteiger partial charge in [-0.3, -0.25) is 4.79 Å². The molecule has 6 nitrogen and oxygen atoms in total. The van der Waals surface area contributed by atoms with Crippen molar-refractivity contribution < 1.29 is 19.4 Å². The minimum Gasteiger partial charge on any atom is -0.497 e. The van der Waals surface area contributed by atoms with Crippen molar-refractivity contribution in [1.82, 2.24) is 9.88 Å². The van der Waals surface area contributed by atoms with Crippen LogP contribution in [0.3, 0.4) is 0 Å². The Morgan fingerprint density at radius 1 is 1.12 bits per heavy atom. The number of likely N-dealkylation sites (tertiary alicyclic amines) is 1. The minimum atomic E-state index is -1.13. The second kappa shape index (κ2) is 7.34. The summed E-state index contributed by atoms with van der Waals surface area (Å²) < 4.78 is 5.27. The second-order valence-electron chi connectivity index (χ2n) is 6.06. The van der Waals surface area contributed by atoms with Crippen molar-refractivity contribution in [1.29, 1.82) is 0 Å². The zero-order valence-corrected chi connectivity index (χ0v) is 14.0. The molecule has 0 radical (unpaired) electrons. The van der Waals surface area contributed by atoms with Crippen LogP contribution in [0.1, 0.15) is 45.3 Å². The number of rotatable bonds is 4. The van der Waals surface area contributed by atoms with Gasteiger partial charge in [0.1, 0.15) is 17.1 Å². The van der Waals surface area contributed by atoms with Crippen LogP contribution in [0, 0.1) is 0 Å². The van der Waals surface area contributed by atoms with E-state index in [-0.39, 0.29) is 17.3 Å². The molecule has 6 heteroatoms. The summed E-state index contributed by atoms with van der Waals surface area (Å²) in [6.07, 6.45) is 1.72. The lowest BCUT2D eigenvalue weighted by molar-refractivity contribution is 0.0688. The van der Waals surface area contributed by atoms with Gasteiger partial charge in [-0.2, -0.15) is 0 Å². The van der Waals surface area contributed by atoms with Gasteiger partial charge in [-0.25, -0.2) is 9.78 Å². The lowest BCUT2D eigenvalue weighted by Gasteiger charge is -2.32. The van der Waals surface area contributed by atoms with Gasteiger partial charge in [0, 0.05) is 13.1 Å². The highest BCUT2D eigenvalue weighted by Gasteiger charge is 2.25. The second-order valence-corrected chi connectivity index (χ2v) is 6.06. The number of piperidine rings is 1. The number of ether oxygens (including phenoxy) is 1. The van der Waals surface area contributed by atoms with Crippen LogP contribution in [0.25, 0.3) is 0 Å². The molecule has 2 heterocycles. The highest BCUT2D eigenvalue weighted by Crippen LogP contribution is 2.30. The normalized spacial score (nSPS) is 15.0. The number of carboxylic acid groups (broad SMARTS) is 1. The van der Waals surface area contributed by atoms with Crippen LogP contribution in [0.2, 0.25) is 0 Å². The van der Waals surface area contributed by atoms with Crippen molar-refractivity contribution in [3.8, 4) is 5.75 Å². The summed E-state index contributed by atoms with van der Waals surface area (Å²) in [6.45, 7) is 1.25. The first-order valence-electron chi connectivity index (χ1n) is 8.22. The van der Waals surface area contributed by atoms with Gasteiger partial charge in [-0.05, 0) is 48.6 Å². The molecule has 1 N–H and O–H groups in total. The van der Waals surface area contributed by atoms with E-state index in [0.717, 1.165) is 18.6 Å². The molecule has 0 atom stereocenters. The third kappa shape index (κ3) is 3.79. The van der Waals surface area contributed by atoms with Crippen LogP contribution in [0.15, 0.2) is 42.5 Å². The average Bonchev–Trinajstić information content (AvgIpc) is 2.67. The molecule has 1 aromatic carbocycles. The van der Waals surface area contributed by atoms with E-state index < -0.39 is 5.97 Å². The van der Waals surface area contributed by atoms with Crippen LogP contribution in [0.5, 0.6) is 5.75 Å². The van der Waals surface area contributed by atoms with Crippen molar-refractivity contribution in [2.45, 2.75) is 18.8 Å². The topological polar surface area (TPSA) is 79.7 Å². The van der Waals surface area contributed by atoms with Crippen LogP contribution in [-0.2, 0) is 0 Å². The first kappa shape index (κ1) is 17.0. The number of hydrogen-bond donors (Lipinski definition) is 1. The fourth-order valence-electron chi connectivity index (χ4n) is 3.15. The van der Waals surface area contributed by atoms with E-state index in [0.29, 0.717) is 19.0 Å². The Hall–Kier alpha value is -2.89. The Kier molecular flexibility index (Phi) is 4.97. The number of benzene rings is 1. The highest BCUT2D eigenvalue weighted by atomic mass is 16.5. The Bertz CT molecular complexity index is 782. The molecule has 1 aliphatic heterocycles. The fourth-order valence-corrected chi connectivity index (χ4v) is 3.15. The van der Waals surface area contributed by atoms with Gasteiger partial charge in [0.2, 0.25) is 0 Å². The molecule has 1 saturated heterocycles. The molecule has 1 amide bonds. The van der Waals surface area contributed by atoms with Crippen molar-refractivity contribution in [2.75, 3.05) is 20.2 Å². The number of aromatic nitrogens is 1. The van der Waals surface area contributed by atoms with Crippen LogP contribution in [-0.4, -0.2) is 47.1 Å². The smallest absolute Gasteiger partial charge is 0.354 e. The molecular formula is C19H20N2O4. The van der Waals surface area contributed by atoms with Gasteiger partial charge in [0.05, 0.1) is 7.11 Å². The van der Waals surface area contributed by atoms with E-state index in [1.165, 1.54) is 11.6 Å². The average molecular weight is 340 g/mol. The Morgan fingerprint density at radius 2 is 1.80 bits per heavy atom. The summed E-state index contributed by atoms with van der Waals surface area (Å²) in [5.41, 5.74) is 1.29. The van der Waals surface area contributed by atoms with Crippen molar-refractivity contribution in [3.63, 3.8) is 0 Å². The van der Waals surface area contributed by atoms with E-state index in [9.17, 15) is 9.59 Å². The molecule has 0 spiro atoms. The summed E-state index contributed by atoms with van der Waals surface area (Å²) in [4.78, 5) is 29.3. The number of pyridine rings is 1. The third-order valence-electron chi connectivity index (χ3n) is 4.53. The third-order valence-corrected chi connectivity index (χ3v) is 4.53. The first-order chi connectivity index (χ1) is 12.1. The molecule has 2 aromatic rings. The van der Waals surface area contributed by atoms with Crippen LogP contribution < -0.4 is 4.74 Å². The molecular weight excluding hydrogens is 320 g/mol. The van der Waals surface area contributed by atoms with E-state index in [2.05, 4.69) is 11.1 Å². The zero-order valence-electron chi connectivity index (χ0n) is 14.0. The molecule has 1 fully saturated rings. The van der Waals surface area contributed by atoms with E-state index in [1.807, 2.05) is 18.2 Å². The van der Waals surface area contributed by atoms with Crippen LogP contribution in [0.4, 0.5) is 0 Å². The predicted molar refractivity (Wildman–Crippen MR) is 92.1 cm³/mol. The van der Waals surface area contributed by atoms with Crippen molar-refractivity contribution in [3.05, 3.63) is 59.4 Å². The Balaban J connectivity index is 1.66. The van der Waals surface area contributed by atoms with Gasteiger partial charge in [-0.15, -0.1) is 0 Å². The first-order valence-corrected chi connectivity index (χ1v) is 8.22. The molecule has 0 saturated carbocycles. The molecule has 1 aliphatic rings. The van der Waals surface area contributed by atoms with Gasteiger partial charge < -0.3 is 14.7 Å². The monoisotopic (exact) mass is 340 g/mol. The zero-order chi connectivity index (χ0) is 17.8. The number of hydrogen-bond acceptors (Lipinski definition) is 4. The number of carbonyl (C=O) groups is 2. The fraction of sp³-hybridized carbons (Fsp3) is 0.316. The molecule has 3 rings (SSSR count). The number of aromatic carboxylic acids is 1. The SMILES string of the molecule is COc1cccc(C2CCN(C(=O)c3cccc(C(=O)O)n3)CC2)c1. The Morgan fingerprint density at radius 3 is 2.48 bits per heavy atom. The van der Waals surface area contributed by atoms with Gasteiger partial charge in [0.25, 0.3) is 5.91 Å². The summed E-state index contributed by atoms with van der Waals surface area (Å²) >= 11 is 0. The van der Waals surface area contributed by atoms with Crippen molar-refractivity contribution >= 4 is 11.9 Å². The van der Waals surface area contributed by atoms with Crippen molar-refractivity contribution in [2.24, 2.45) is 0 Å². The minimum absolute atomic E-state index is 0.114.